The Labute approximate surface area is 162 Å². The van der Waals surface area contributed by atoms with E-state index in [2.05, 4.69) is 20.2 Å². The standard InChI is InChI=1S/C21H33N5O/c1-17-11-24-19(13-23-17)15-26-16-21(5-4-20(26)27)6-9-25(10-7-21)14-18-3-2-8-22-12-18/h11,13,18,22H,2-10,12,14-16H2,1H3/t18-/m1/s1. The highest BCUT2D eigenvalue weighted by Gasteiger charge is 2.41. The van der Waals surface area contributed by atoms with E-state index in [1.807, 2.05) is 18.0 Å². The highest BCUT2D eigenvalue weighted by atomic mass is 16.2. The van der Waals surface area contributed by atoms with Crippen molar-refractivity contribution in [1.82, 2.24) is 25.1 Å². The molecule has 1 aromatic heterocycles. The predicted octanol–water partition coefficient (Wildman–Crippen LogP) is 1.99. The summed E-state index contributed by atoms with van der Waals surface area (Å²) in [6.07, 6.45) is 10.5. The number of carbonyl (C=O) groups excluding carboxylic acids is 1. The van der Waals surface area contributed by atoms with Crippen LogP contribution in [0.25, 0.3) is 0 Å². The van der Waals surface area contributed by atoms with Gasteiger partial charge in [-0.1, -0.05) is 0 Å². The Bertz CT molecular complexity index is 632. The van der Waals surface area contributed by atoms with Gasteiger partial charge in [0, 0.05) is 25.7 Å². The van der Waals surface area contributed by atoms with Gasteiger partial charge in [0.05, 0.1) is 24.1 Å². The number of carbonyl (C=O) groups is 1. The first-order chi connectivity index (χ1) is 13.1. The summed E-state index contributed by atoms with van der Waals surface area (Å²) in [5, 5.41) is 3.54. The van der Waals surface area contributed by atoms with Crippen molar-refractivity contribution < 1.29 is 4.79 Å². The molecule has 3 aliphatic heterocycles. The maximum Gasteiger partial charge on any atom is 0.222 e. The maximum absolute atomic E-state index is 12.5. The molecule has 4 rings (SSSR count). The summed E-state index contributed by atoms with van der Waals surface area (Å²) in [6, 6.07) is 0. The summed E-state index contributed by atoms with van der Waals surface area (Å²) >= 11 is 0. The highest BCUT2D eigenvalue weighted by Crippen LogP contribution is 2.40. The normalized spacial score (nSPS) is 26.5. The van der Waals surface area contributed by atoms with Gasteiger partial charge in [-0.3, -0.25) is 14.8 Å². The average Bonchev–Trinajstić information content (AvgIpc) is 2.69. The zero-order valence-electron chi connectivity index (χ0n) is 16.6. The second-order valence-electron chi connectivity index (χ2n) is 8.91. The molecule has 3 saturated heterocycles. The lowest BCUT2D eigenvalue weighted by molar-refractivity contribution is -0.140. The van der Waals surface area contributed by atoms with Gasteiger partial charge in [-0.15, -0.1) is 0 Å². The second kappa shape index (κ2) is 8.23. The van der Waals surface area contributed by atoms with Gasteiger partial charge in [-0.25, -0.2) is 0 Å². The smallest absolute Gasteiger partial charge is 0.222 e. The quantitative estimate of drug-likeness (QED) is 0.877. The van der Waals surface area contributed by atoms with E-state index in [-0.39, 0.29) is 5.91 Å². The summed E-state index contributed by atoms with van der Waals surface area (Å²) in [6.45, 7) is 9.41. The number of aromatic nitrogens is 2. The summed E-state index contributed by atoms with van der Waals surface area (Å²) in [4.78, 5) is 25.9. The van der Waals surface area contributed by atoms with Crippen LogP contribution in [-0.4, -0.2) is 64.9 Å². The molecule has 0 radical (unpaired) electrons. The van der Waals surface area contributed by atoms with E-state index in [1.54, 1.807) is 6.20 Å². The molecule has 0 bridgehead atoms. The maximum atomic E-state index is 12.5. The number of amides is 1. The van der Waals surface area contributed by atoms with Gasteiger partial charge in [-0.05, 0) is 76.5 Å². The highest BCUT2D eigenvalue weighted by molar-refractivity contribution is 5.77. The number of likely N-dealkylation sites (tertiary alicyclic amines) is 2. The predicted molar refractivity (Wildman–Crippen MR) is 105 cm³/mol. The molecule has 6 nitrogen and oxygen atoms in total. The van der Waals surface area contributed by atoms with E-state index < -0.39 is 0 Å². The molecule has 6 heteroatoms. The zero-order valence-corrected chi connectivity index (χ0v) is 16.6. The first-order valence-electron chi connectivity index (χ1n) is 10.6. The fourth-order valence-electron chi connectivity index (χ4n) is 5.01. The number of nitrogens with zero attached hydrogens (tertiary/aromatic N) is 4. The van der Waals surface area contributed by atoms with Gasteiger partial charge < -0.3 is 15.1 Å². The Morgan fingerprint density at radius 1 is 1.22 bits per heavy atom. The number of rotatable bonds is 4. The molecule has 0 unspecified atom stereocenters. The summed E-state index contributed by atoms with van der Waals surface area (Å²) in [5.41, 5.74) is 2.13. The Balaban J connectivity index is 1.32. The van der Waals surface area contributed by atoms with E-state index >= 15 is 0 Å². The molecule has 4 heterocycles. The topological polar surface area (TPSA) is 61.4 Å². The lowest BCUT2D eigenvalue weighted by atomic mass is 9.72. The lowest BCUT2D eigenvalue weighted by Gasteiger charge is -2.48. The summed E-state index contributed by atoms with van der Waals surface area (Å²) in [5.74, 6) is 1.09. The van der Waals surface area contributed by atoms with Crippen molar-refractivity contribution >= 4 is 5.91 Å². The van der Waals surface area contributed by atoms with Crippen LogP contribution in [0.4, 0.5) is 0 Å². The van der Waals surface area contributed by atoms with Gasteiger partial charge in [0.15, 0.2) is 0 Å². The Kier molecular flexibility index (Phi) is 5.74. The molecule has 1 spiro atoms. The third-order valence-corrected chi connectivity index (χ3v) is 6.77. The largest absolute Gasteiger partial charge is 0.336 e. The minimum absolute atomic E-state index is 0.277. The van der Waals surface area contributed by atoms with Crippen molar-refractivity contribution in [3.05, 3.63) is 23.8 Å². The molecule has 1 amide bonds. The molecule has 0 aliphatic carbocycles. The van der Waals surface area contributed by atoms with E-state index in [0.29, 0.717) is 18.4 Å². The van der Waals surface area contributed by atoms with Crippen molar-refractivity contribution in [2.45, 2.75) is 52.0 Å². The summed E-state index contributed by atoms with van der Waals surface area (Å²) < 4.78 is 0. The van der Waals surface area contributed by atoms with Gasteiger partial charge in [-0.2, -0.15) is 0 Å². The van der Waals surface area contributed by atoms with Crippen molar-refractivity contribution in [3.8, 4) is 0 Å². The molecule has 148 valence electrons. The van der Waals surface area contributed by atoms with Gasteiger partial charge in [0.2, 0.25) is 5.91 Å². The minimum Gasteiger partial charge on any atom is -0.336 e. The van der Waals surface area contributed by atoms with Crippen LogP contribution in [0.1, 0.15) is 49.9 Å². The van der Waals surface area contributed by atoms with Crippen molar-refractivity contribution in [2.75, 3.05) is 39.3 Å². The fourth-order valence-corrected chi connectivity index (χ4v) is 5.01. The monoisotopic (exact) mass is 371 g/mol. The zero-order chi connectivity index (χ0) is 18.7. The molecular weight excluding hydrogens is 338 g/mol. The van der Waals surface area contributed by atoms with Crippen LogP contribution < -0.4 is 5.32 Å². The summed E-state index contributed by atoms with van der Waals surface area (Å²) in [7, 11) is 0. The van der Waals surface area contributed by atoms with Crippen molar-refractivity contribution in [1.29, 1.82) is 0 Å². The fraction of sp³-hybridized carbons (Fsp3) is 0.762. The number of nitrogens with one attached hydrogen (secondary N) is 1. The number of aryl methyl sites for hydroxylation is 1. The first kappa shape index (κ1) is 18.8. The van der Waals surface area contributed by atoms with Gasteiger partial charge in [0.25, 0.3) is 0 Å². The third kappa shape index (κ3) is 4.66. The average molecular weight is 372 g/mol. The molecule has 1 N–H and O–H groups in total. The Morgan fingerprint density at radius 3 is 2.78 bits per heavy atom. The van der Waals surface area contributed by atoms with Crippen molar-refractivity contribution in [3.63, 3.8) is 0 Å². The van der Waals surface area contributed by atoms with Crippen LogP contribution >= 0.6 is 0 Å². The van der Waals surface area contributed by atoms with Crippen LogP contribution in [0.15, 0.2) is 12.4 Å². The molecule has 3 aliphatic rings. The van der Waals surface area contributed by atoms with Crippen LogP contribution in [0.2, 0.25) is 0 Å². The van der Waals surface area contributed by atoms with Crippen LogP contribution in [0.5, 0.6) is 0 Å². The van der Waals surface area contributed by atoms with Gasteiger partial charge in [0.1, 0.15) is 0 Å². The van der Waals surface area contributed by atoms with Crippen LogP contribution in [0.3, 0.4) is 0 Å². The third-order valence-electron chi connectivity index (χ3n) is 6.77. The molecule has 0 saturated carbocycles. The van der Waals surface area contributed by atoms with E-state index in [4.69, 9.17) is 0 Å². The van der Waals surface area contributed by atoms with E-state index in [1.165, 1.54) is 58.4 Å². The minimum atomic E-state index is 0.277. The molecule has 27 heavy (non-hydrogen) atoms. The number of hydrogen-bond donors (Lipinski definition) is 1. The molecule has 1 atom stereocenters. The molecule has 3 fully saturated rings. The number of hydrogen-bond acceptors (Lipinski definition) is 5. The second-order valence-corrected chi connectivity index (χ2v) is 8.91. The van der Waals surface area contributed by atoms with Crippen LogP contribution in [0, 0.1) is 18.3 Å². The van der Waals surface area contributed by atoms with Gasteiger partial charge >= 0.3 is 0 Å². The first-order valence-corrected chi connectivity index (χ1v) is 10.6. The Hall–Kier alpha value is -1.53. The van der Waals surface area contributed by atoms with Crippen LogP contribution in [-0.2, 0) is 11.3 Å². The Morgan fingerprint density at radius 2 is 2.07 bits per heavy atom. The van der Waals surface area contributed by atoms with E-state index in [9.17, 15) is 4.79 Å². The SMILES string of the molecule is Cc1cnc(CN2CC3(CCC2=O)CCN(C[C@@H]2CCCNC2)CC3)cn1. The molecular formula is C21H33N5O. The number of piperidine rings is 3. The van der Waals surface area contributed by atoms with E-state index in [0.717, 1.165) is 30.3 Å². The molecule has 1 aromatic rings. The lowest BCUT2D eigenvalue weighted by Crippen LogP contribution is -2.52. The van der Waals surface area contributed by atoms with Crippen molar-refractivity contribution in [2.24, 2.45) is 11.3 Å². The molecule has 0 aromatic carbocycles.